The number of carbonyl (C=O) groups excluding carboxylic acids is 1. The van der Waals surface area contributed by atoms with Gasteiger partial charge in [0.1, 0.15) is 17.9 Å². The summed E-state index contributed by atoms with van der Waals surface area (Å²) in [7, 11) is 4.81. The molecular formula is C25H33N3O5. The summed E-state index contributed by atoms with van der Waals surface area (Å²) in [4.78, 5) is 21.9. The van der Waals surface area contributed by atoms with Crippen molar-refractivity contribution in [2.24, 2.45) is 5.92 Å². The van der Waals surface area contributed by atoms with E-state index in [1.165, 1.54) is 32.6 Å². The number of nitrogens with zero attached hydrogens (tertiary/aromatic N) is 3. The molecule has 0 aliphatic carbocycles. The summed E-state index contributed by atoms with van der Waals surface area (Å²) in [6.07, 6.45) is 2.42. The van der Waals surface area contributed by atoms with Crippen molar-refractivity contribution >= 4 is 5.91 Å². The largest absolute Gasteiger partial charge is 0.491 e. The van der Waals surface area contributed by atoms with Gasteiger partial charge in [0.05, 0.1) is 27.4 Å². The molecule has 2 aliphatic heterocycles. The van der Waals surface area contributed by atoms with E-state index in [4.69, 9.17) is 18.9 Å². The molecule has 8 heteroatoms. The molecule has 8 nitrogen and oxygen atoms in total. The van der Waals surface area contributed by atoms with Crippen LogP contribution in [-0.4, -0.2) is 74.9 Å². The first-order valence-corrected chi connectivity index (χ1v) is 11.5. The molecule has 1 saturated heterocycles. The SMILES string of the molecule is COCC1CCCN(Cc2ccc3c(c2)CN(C(=O)c2ccc(OC)nc2OC)CCO3)C1. The third-order valence-electron chi connectivity index (χ3n) is 6.27. The molecule has 0 spiro atoms. The highest BCUT2D eigenvalue weighted by Gasteiger charge is 2.25. The molecule has 0 radical (unpaired) electrons. The van der Waals surface area contributed by atoms with Crippen molar-refractivity contribution in [3.63, 3.8) is 0 Å². The van der Waals surface area contributed by atoms with Crippen LogP contribution in [0.4, 0.5) is 0 Å². The van der Waals surface area contributed by atoms with Gasteiger partial charge in [-0.15, -0.1) is 0 Å². The Balaban J connectivity index is 1.49. The molecular weight excluding hydrogens is 422 g/mol. The summed E-state index contributed by atoms with van der Waals surface area (Å²) in [5.74, 6) is 1.96. The number of hydrogen-bond acceptors (Lipinski definition) is 7. The van der Waals surface area contributed by atoms with Crippen molar-refractivity contribution in [2.45, 2.75) is 25.9 Å². The molecule has 1 amide bonds. The van der Waals surface area contributed by atoms with Gasteiger partial charge in [0.15, 0.2) is 0 Å². The van der Waals surface area contributed by atoms with Crippen molar-refractivity contribution in [1.29, 1.82) is 0 Å². The Morgan fingerprint density at radius 2 is 2.03 bits per heavy atom. The zero-order valence-electron chi connectivity index (χ0n) is 19.7. The standard InChI is InChI=1S/C25H33N3O5/c1-30-17-19-5-4-10-27(15-19)14-18-6-8-22-20(13-18)16-28(11-12-33-22)25(29)21-7-9-23(31-2)26-24(21)32-3/h6-9,13,19H,4-5,10-12,14-17H2,1-3H3. The van der Waals surface area contributed by atoms with E-state index in [9.17, 15) is 4.79 Å². The average molecular weight is 456 g/mol. The normalized spacial score (nSPS) is 18.8. The minimum Gasteiger partial charge on any atom is -0.491 e. The van der Waals surface area contributed by atoms with Crippen LogP contribution in [0.25, 0.3) is 0 Å². The molecule has 0 bridgehead atoms. The van der Waals surface area contributed by atoms with Crippen LogP contribution in [0, 0.1) is 5.92 Å². The van der Waals surface area contributed by atoms with Crippen molar-refractivity contribution in [3.8, 4) is 17.5 Å². The number of carbonyl (C=O) groups is 1. The van der Waals surface area contributed by atoms with Gasteiger partial charge in [-0.2, -0.15) is 4.98 Å². The van der Waals surface area contributed by atoms with Gasteiger partial charge < -0.3 is 23.8 Å². The number of likely N-dealkylation sites (tertiary alicyclic amines) is 1. The molecule has 0 N–H and O–H groups in total. The number of ether oxygens (including phenoxy) is 4. The molecule has 2 aromatic rings. The van der Waals surface area contributed by atoms with E-state index in [-0.39, 0.29) is 11.8 Å². The lowest BCUT2D eigenvalue weighted by Gasteiger charge is -2.32. The van der Waals surface area contributed by atoms with Crippen LogP contribution in [0.15, 0.2) is 30.3 Å². The van der Waals surface area contributed by atoms with Gasteiger partial charge in [0.2, 0.25) is 11.8 Å². The lowest BCUT2D eigenvalue weighted by molar-refractivity contribution is 0.0728. The van der Waals surface area contributed by atoms with E-state index in [1.54, 1.807) is 24.1 Å². The van der Waals surface area contributed by atoms with Gasteiger partial charge in [0, 0.05) is 38.4 Å². The van der Waals surface area contributed by atoms with Crippen LogP contribution in [0.2, 0.25) is 0 Å². The van der Waals surface area contributed by atoms with Gasteiger partial charge in [-0.1, -0.05) is 6.07 Å². The van der Waals surface area contributed by atoms with Gasteiger partial charge in [0.25, 0.3) is 5.91 Å². The molecule has 4 rings (SSSR count). The maximum atomic E-state index is 13.3. The molecule has 1 atom stereocenters. The molecule has 3 heterocycles. The molecule has 1 fully saturated rings. The minimum absolute atomic E-state index is 0.137. The van der Waals surface area contributed by atoms with E-state index in [0.29, 0.717) is 37.1 Å². The fraction of sp³-hybridized carbons (Fsp3) is 0.520. The Labute approximate surface area is 195 Å². The smallest absolute Gasteiger partial charge is 0.259 e. The fourth-order valence-electron chi connectivity index (χ4n) is 4.67. The lowest BCUT2D eigenvalue weighted by atomic mass is 9.98. The Morgan fingerprint density at radius 1 is 1.15 bits per heavy atom. The van der Waals surface area contributed by atoms with Gasteiger partial charge in [-0.3, -0.25) is 9.69 Å². The van der Waals surface area contributed by atoms with Crippen LogP contribution in [-0.2, 0) is 17.8 Å². The average Bonchev–Trinajstić information content (AvgIpc) is 3.05. The van der Waals surface area contributed by atoms with Crippen LogP contribution in [0.3, 0.4) is 0 Å². The van der Waals surface area contributed by atoms with Gasteiger partial charge >= 0.3 is 0 Å². The summed E-state index contributed by atoms with van der Waals surface area (Å²) in [5, 5.41) is 0. The molecule has 1 aromatic heterocycles. The number of pyridine rings is 1. The predicted octanol–water partition coefficient (Wildman–Crippen LogP) is 2.99. The number of methoxy groups -OCH3 is 3. The zero-order chi connectivity index (χ0) is 23.2. The summed E-state index contributed by atoms with van der Waals surface area (Å²) < 4.78 is 21.8. The summed E-state index contributed by atoms with van der Waals surface area (Å²) in [6, 6.07) is 9.70. The highest BCUT2D eigenvalue weighted by atomic mass is 16.5. The number of amides is 1. The second-order valence-electron chi connectivity index (χ2n) is 8.63. The summed E-state index contributed by atoms with van der Waals surface area (Å²) in [6.45, 7) is 5.26. The molecule has 2 aliphatic rings. The number of aromatic nitrogens is 1. The number of rotatable bonds is 7. The number of fused-ring (bicyclic) bond motifs is 1. The van der Waals surface area contributed by atoms with Crippen LogP contribution >= 0.6 is 0 Å². The molecule has 1 aromatic carbocycles. The predicted molar refractivity (Wildman–Crippen MR) is 124 cm³/mol. The van der Waals surface area contributed by atoms with Crippen LogP contribution < -0.4 is 14.2 Å². The Kier molecular flexibility index (Phi) is 7.67. The van der Waals surface area contributed by atoms with E-state index in [2.05, 4.69) is 22.0 Å². The highest BCUT2D eigenvalue weighted by Crippen LogP contribution is 2.28. The van der Waals surface area contributed by atoms with Crippen molar-refractivity contribution in [3.05, 3.63) is 47.0 Å². The van der Waals surface area contributed by atoms with Gasteiger partial charge in [-0.25, -0.2) is 0 Å². The third kappa shape index (κ3) is 5.57. The monoisotopic (exact) mass is 455 g/mol. The number of hydrogen-bond donors (Lipinski definition) is 0. The van der Waals surface area contributed by atoms with Crippen molar-refractivity contribution in [2.75, 3.05) is 54.2 Å². The number of benzene rings is 1. The first-order valence-electron chi connectivity index (χ1n) is 11.5. The van der Waals surface area contributed by atoms with Gasteiger partial charge in [-0.05, 0) is 49.1 Å². The molecule has 0 saturated carbocycles. The first-order chi connectivity index (χ1) is 16.1. The number of piperidine rings is 1. The second kappa shape index (κ2) is 10.9. The lowest BCUT2D eigenvalue weighted by Crippen LogP contribution is -2.36. The Hall–Kier alpha value is -2.84. The summed E-state index contributed by atoms with van der Waals surface area (Å²) in [5.41, 5.74) is 2.66. The maximum absolute atomic E-state index is 13.3. The maximum Gasteiger partial charge on any atom is 0.259 e. The van der Waals surface area contributed by atoms with Crippen LogP contribution in [0.5, 0.6) is 17.5 Å². The quantitative estimate of drug-likeness (QED) is 0.635. The third-order valence-corrected chi connectivity index (χ3v) is 6.27. The topological polar surface area (TPSA) is 73.4 Å². The van der Waals surface area contributed by atoms with E-state index in [0.717, 1.165) is 37.6 Å². The minimum atomic E-state index is -0.137. The Bertz CT molecular complexity index is 965. The van der Waals surface area contributed by atoms with E-state index >= 15 is 0 Å². The van der Waals surface area contributed by atoms with Crippen LogP contribution in [0.1, 0.15) is 34.3 Å². The molecule has 178 valence electrons. The summed E-state index contributed by atoms with van der Waals surface area (Å²) >= 11 is 0. The molecule has 1 unspecified atom stereocenters. The highest BCUT2D eigenvalue weighted by molar-refractivity contribution is 5.96. The first kappa shape index (κ1) is 23.3. The fourth-order valence-corrected chi connectivity index (χ4v) is 4.67. The Morgan fingerprint density at radius 3 is 2.82 bits per heavy atom. The molecule has 33 heavy (non-hydrogen) atoms. The van der Waals surface area contributed by atoms with E-state index in [1.807, 2.05) is 6.07 Å². The second-order valence-corrected chi connectivity index (χ2v) is 8.63. The van der Waals surface area contributed by atoms with Crippen molar-refractivity contribution in [1.82, 2.24) is 14.8 Å². The van der Waals surface area contributed by atoms with Crippen molar-refractivity contribution < 1.29 is 23.7 Å². The van der Waals surface area contributed by atoms with E-state index < -0.39 is 0 Å². The zero-order valence-corrected chi connectivity index (χ0v) is 19.7.